The molecule has 0 fully saturated rings. The van der Waals surface area contributed by atoms with Gasteiger partial charge in [-0.05, 0) is 58.8 Å². The second-order valence-corrected chi connectivity index (χ2v) is 6.25. The summed E-state index contributed by atoms with van der Waals surface area (Å²) >= 11 is 2.15. The predicted molar refractivity (Wildman–Crippen MR) is 102 cm³/mol. The van der Waals surface area contributed by atoms with Crippen molar-refractivity contribution in [1.29, 1.82) is 0 Å². The molecule has 0 saturated carbocycles. The molecule has 25 heavy (non-hydrogen) atoms. The highest BCUT2D eigenvalue weighted by molar-refractivity contribution is 14.1. The molecule has 0 aliphatic heterocycles. The van der Waals surface area contributed by atoms with Gasteiger partial charge in [-0.15, -0.1) is 0 Å². The Bertz CT molecular complexity index is 790. The van der Waals surface area contributed by atoms with Gasteiger partial charge in [0.05, 0.1) is 17.7 Å². The van der Waals surface area contributed by atoms with Crippen molar-refractivity contribution in [2.24, 2.45) is 5.16 Å². The number of nitro benzene ring substituents is 1. The largest absolute Gasteiger partial charge is 0.504 e. The van der Waals surface area contributed by atoms with Crippen molar-refractivity contribution in [1.82, 2.24) is 0 Å². The number of phenolic OH excluding ortho intramolecular Hbond substituents is 1. The quantitative estimate of drug-likeness (QED) is 0.291. The van der Waals surface area contributed by atoms with Gasteiger partial charge in [0.15, 0.2) is 11.5 Å². The van der Waals surface area contributed by atoms with Crippen molar-refractivity contribution in [3.05, 3.63) is 61.2 Å². The molecule has 0 saturated heterocycles. The Balaban J connectivity index is 2.12. The van der Waals surface area contributed by atoms with E-state index in [9.17, 15) is 15.2 Å². The number of rotatable bonds is 7. The van der Waals surface area contributed by atoms with Crippen molar-refractivity contribution >= 4 is 34.0 Å². The van der Waals surface area contributed by atoms with Gasteiger partial charge in [0.2, 0.25) is 0 Å². The third kappa shape index (κ3) is 4.81. The molecule has 2 aromatic rings. The van der Waals surface area contributed by atoms with Crippen LogP contribution in [0.3, 0.4) is 0 Å². The van der Waals surface area contributed by atoms with Gasteiger partial charge in [-0.3, -0.25) is 10.1 Å². The highest BCUT2D eigenvalue weighted by Crippen LogP contribution is 2.31. The van der Waals surface area contributed by atoms with Gasteiger partial charge >= 0.3 is 0 Å². The van der Waals surface area contributed by atoms with E-state index in [0.717, 1.165) is 14.7 Å². The lowest BCUT2D eigenvalue weighted by Crippen LogP contribution is -2.04. The summed E-state index contributed by atoms with van der Waals surface area (Å²) in [6.07, 6.45) is 0.613. The molecule has 0 spiro atoms. The van der Waals surface area contributed by atoms with Crippen molar-refractivity contribution < 1.29 is 19.6 Å². The van der Waals surface area contributed by atoms with Gasteiger partial charge in [0.1, 0.15) is 6.61 Å². The highest BCUT2D eigenvalue weighted by Gasteiger charge is 2.13. The maximum absolute atomic E-state index is 10.6. The Morgan fingerprint density at radius 2 is 2.00 bits per heavy atom. The van der Waals surface area contributed by atoms with Crippen LogP contribution in [-0.2, 0) is 11.4 Å². The summed E-state index contributed by atoms with van der Waals surface area (Å²) in [6, 6.07) is 9.43. The van der Waals surface area contributed by atoms with Crippen LogP contribution < -0.4 is 4.74 Å². The van der Waals surface area contributed by atoms with E-state index < -0.39 is 4.92 Å². The molecule has 8 heteroatoms. The number of aromatic hydroxyl groups is 1. The van der Waals surface area contributed by atoms with Crippen LogP contribution in [0.1, 0.15) is 24.5 Å². The van der Waals surface area contributed by atoms with E-state index in [1.165, 1.54) is 19.2 Å². The van der Waals surface area contributed by atoms with Crippen LogP contribution in [-0.4, -0.2) is 22.9 Å². The van der Waals surface area contributed by atoms with Crippen LogP contribution in [0.5, 0.6) is 11.5 Å². The van der Waals surface area contributed by atoms with Gasteiger partial charge < -0.3 is 14.7 Å². The van der Waals surface area contributed by atoms with Crippen molar-refractivity contribution in [2.45, 2.75) is 20.0 Å². The number of nitro groups is 1. The summed E-state index contributed by atoms with van der Waals surface area (Å²) in [5, 5.41) is 24.7. The molecule has 0 aromatic heterocycles. The minimum atomic E-state index is -0.448. The molecule has 0 amide bonds. The van der Waals surface area contributed by atoms with E-state index in [1.54, 1.807) is 24.3 Å². The van der Waals surface area contributed by atoms with Crippen LogP contribution in [0.15, 0.2) is 41.6 Å². The second kappa shape index (κ2) is 8.65. The number of oxime groups is 1. The smallest absolute Gasteiger partial charge is 0.269 e. The standard InChI is InChI=1S/C17H17IN2O5/c1-3-15(13-8-16(21)17(24-2)9-14(13)18)19-25-10-11-4-6-12(7-5-11)20(22)23/h4-9,21H,3,10H2,1-2H3/b19-15+. The molecular weight excluding hydrogens is 439 g/mol. The Morgan fingerprint density at radius 1 is 1.32 bits per heavy atom. The molecule has 7 nitrogen and oxygen atoms in total. The van der Waals surface area contributed by atoms with Gasteiger partial charge in [-0.1, -0.05) is 12.1 Å². The zero-order chi connectivity index (χ0) is 18.4. The Morgan fingerprint density at radius 3 is 2.56 bits per heavy atom. The SMILES string of the molecule is CC/C(=N\OCc1ccc([N+](=O)[O-])cc1)c1cc(O)c(OC)cc1I. The summed E-state index contributed by atoms with van der Waals surface area (Å²) in [5.74, 6) is 0.435. The fourth-order valence-electron chi connectivity index (χ4n) is 2.13. The van der Waals surface area contributed by atoms with E-state index >= 15 is 0 Å². The van der Waals surface area contributed by atoms with Gasteiger partial charge in [-0.2, -0.15) is 0 Å². The minimum absolute atomic E-state index is 0.0322. The maximum atomic E-state index is 10.6. The van der Waals surface area contributed by atoms with Crippen LogP contribution in [0.4, 0.5) is 5.69 Å². The van der Waals surface area contributed by atoms with Crippen molar-refractivity contribution in [2.75, 3.05) is 7.11 Å². The number of hydrogen-bond donors (Lipinski definition) is 1. The number of benzene rings is 2. The number of halogens is 1. The summed E-state index contributed by atoms with van der Waals surface area (Å²) in [7, 11) is 1.49. The van der Waals surface area contributed by atoms with Gasteiger partial charge in [0, 0.05) is 21.3 Å². The van der Waals surface area contributed by atoms with Crippen molar-refractivity contribution in [3.63, 3.8) is 0 Å². The number of hydrogen-bond acceptors (Lipinski definition) is 6. The average Bonchev–Trinajstić information content (AvgIpc) is 2.61. The van der Waals surface area contributed by atoms with E-state index in [4.69, 9.17) is 9.57 Å². The maximum Gasteiger partial charge on any atom is 0.269 e. The molecule has 0 aliphatic carbocycles. The van der Waals surface area contributed by atoms with E-state index in [2.05, 4.69) is 27.7 Å². The molecule has 2 rings (SSSR count). The molecule has 1 N–H and O–H groups in total. The normalized spacial score (nSPS) is 11.2. The fourth-order valence-corrected chi connectivity index (χ4v) is 2.88. The number of methoxy groups -OCH3 is 1. The van der Waals surface area contributed by atoms with E-state index in [1.807, 2.05) is 6.92 Å². The van der Waals surface area contributed by atoms with Gasteiger partial charge in [0.25, 0.3) is 5.69 Å². The molecule has 0 aliphatic rings. The fraction of sp³-hybridized carbons (Fsp3) is 0.235. The predicted octanol–water partition coefficient (Wildman–Crippen LogP) is 4.24. The molecule has 0 radical (unpaired) electrons. The van der Waals surface area contributed by atoms with Crippen LogP contribution in [0.2, 0.25) is 0 Å². The molecule has 0 bridgehead atoms. The summed E-state index contributed by atoms with van der Waals surface area (Å²) < 4.78 is 5.97. The Kier molecular flexibility index (Phi) is 6.57. The summed E-state index contributed by atoms with van der Waals surface area (Å²) in [4.78, 5) is 15.6. The molecule has 0 unspecified atom stereocenters. The topological polar surface area (TPSA) is 94.2 Å². The third-order valence-corrected chi connectivity index (χ3v) is 4.36. The number of nitrogens with zero attached hydrogens (tertiary/aromatic N) is 2. The molecule has 0 heterocycles. The van der Waals surface area contributed by atoms with E-state index in [0.29, 0.717) is 17.9 Å². The summed E-state index contributed by atoms with van der Waals surface area (Å²) in [6.45, 7) is 2.13. The number of ether oxygens (including phenoxy) is 1. The number of non-ortho nitro benzene ring substituents is 1. The average molecular weight is 456 g/mol. The van der Waals surface area contributed by atoms with Crippen LogP contribution in [0, 0.1) is 13.7 Å². The molecule has 132 valence electrons. The first-order chi connectivity index (χ1) is 12.0. The first-order valence-corrected chi connectivity index (χ1v) is 8.53. The Labute approximate surface area is 158 Å². The lowest BCUT2D eigenvalue weighted by Gasteiger charge is -2.10. The minimum Gasteiger partial charge on any atom is -0.504 e. The molecular formula is C17H17IN2O5. The zero-order valence-corrected chi connectivity index (χ0v) is 15.9. The lowest BCUT2D eigenvalue weighted by molar-refractivity contribution is -0.384. The second-order valence-electron chi connectivity index (χ2n) is 5.09. The van der Waals surface area contributed by atoms with E-state index in [-0.39, 0.29) is 18.0 Å². The zero-order valence-electron chi connectivity index (χ0n) is 13.7. The van der Waals surface area contributed by atoms with Crippen LogP contribution >= 0.6 is 22.6 Å². The molecule has 0 atom stereocenters. The highest BCUT2D eigenvalue weighted by atomic mass is 127. The Hall–Kier alpha value is -2.36. The summed E-state index contributed by atoms with van der Waals surface area (Å²) in [5.41, 5.74) is 2.26. The van der Waals surface area contributed by atoms with Crippen LogP contribution in [0.25, 0.3) is 0 Å². The third-order valence-electron chi connectivity index (χ3n) is 3.47. The monoisotopic (exact) mass is 456 g/mol. The lowest BCUT2D eigenvalue weighted by atomic mass is 10.1. The first-order valence-electron chi connectivity index (χ1n) is 7.45. The van der Waals surface area contributed by atoms with Gasteiger partial charge in [-0.25, -0.2) is 0 Å². The number of phenols is 1. The molecule has 2 aromatic carbocycles. The first kappa shape index (κ1) is 19.0. The van der Waals surface area contributed by atoms with Crippen molar-refractivity contribution in [3.8, 4) is 11.5 Å².